The molecule has 1 amide bonds. The van der Waals surface area contributed by atoms with E-state index in [2.05, 4.69) is 11.9 Å². The average Bonchev–Trinajstić information content (AvgIpc) is 2.68. The first kappa shape index (κ1) is 18.5. The zero-order chi connectivity index (χ0) is 18.4. The van der Waals surface area contributed by atoms with Crippen LogP contribution in [-0.4, -0.2) is 25.7 Å². The van der Waals surface area contributed by atoms with Gasteiger partial charge in [0, 0.05) is 23.9 Å². The van der Waals surface area contributed by atoms with Crippen molar-refractivity contribution in [2.24, 2.45) is 0 Å². The molecule has 1 aliphatic rings. The summed E-state index contributed by atoms with van der Waals surface area (Å²) >= 11 is 6.01. The van der Waals surface area contributed by atoms with Crippen LogP contribution in [0.2, 0.25) is 5.02 Å². The second kappa shape index (κ2) is 8.39. The number of halogens is 1. The van der Waals surface area contributed by atoms with Gasteiger partial charge in [0.2, 0.25) is 5.91 Å². The van der Waals surface area contributed by atoms with Crippen LogP contribution in [0.25, 0.3) is 0 Å². The third kappa shape index (κ3) is 4.09. The van der Waals surface area contributed by atoms with E-state index in [1.165, 1.54) is 0 Å². The molecule has 4 nitrogen and oxygen atoms in total. The molecule has 1 fully saturated rings. The summed E-state index contributed by atoms with van der Waals surface area (Å²) in [7, 11) is 0. The quantitative estimate of drug-likeness (QED) is 0.755. The van der Waals surface area contributed by atoms with Crippen molar-refractivity contribution in [3.8, 4) is 5.75 Å². The van der Waals surface area contributed by atoms with Crippen molar-refractivity contribution >= 4 is 23.2 Å². The third-order valence-corrected chi connectivity index (χ3v) is 4.91. The summed E-state index contributed by atoms with van der Waals surface area (Å²) in [4.78, 5) is 13.2. The van der Waals surface area contributed by atoms with Crippen LogP contribution in [0.1, 0.15) is 18.4 Å². The molecule has 2 aromatic carbocycles. The fourth-order valence-electron chi connectivity index (χ4n) is 3.18. The summed E-state index contributed by atoms with van der Waals surface area (Å²) in [5.74, 6) is 0.712. The molecule has 1 heterocycles. The molecule has 0 unspecified atom stereocenters. The molecule has 2 aromatic rings. The summed E-state index contributed by atoms with van der Waals surface area (Å²) < 4.78 is 11.0. The van der Waals surface area contributed by atoms with Crippen LogP contribution in [0.5, 0.6) is 5.75 Å². The molecule has 1 saturated heterocycles. The van der Waals surface area contributed by atoms with Crippen molar-refractivity contribution in [2.45, 2.75) is 18.3 Å². The van der Waals surface area contributed by atoms with Crippen LogP contribution in [-0.2, 0) is 14.9 Å². The number of benzene rings is 2. The molecule has 3 rings (SSSR count). The monoisotopic (exact) mass is 371 g/mol. The van der Waals surface area contributed by atoms with Gasteiger partial charge in [0.25, 0.3) is 0 Å². The van der Waals surface area contributed by atoms with Gasteiger partial charge >= 0.3 is 0 Å². The maximum Gasteiger partial charge on any atom is 0.235 e. The Morgan fingerprint density at radius 1 is 1.15 bits per heavy atom. The fraction of sp³-hybridized carbons (Fsp3) is 0.286. The van der Waals surface area contributed by atoms with Gasteiger partial charge in [-0.1, -0.05) is 36.4 Å². The van der Waals surface area contributed by atoms with Crippen molar-refractivity contribution in [1.29, 1.82) is 0 Å². The number of rotatable bonds is 6. The van der Waals surface area contributed by atoms with E-state index in [0.29, 0.717) is 37.7 Å². The van der Waals surface area contributed by atoms with Crippen molar-refractivity contribution < 1.29 is 14.3 Å². The number of amides is 1. The number of anilines is 1. The highest BCUT2D eigenvalue weighted by Gasteiger charge is 2.41. The SMILES string of the molecule is C=CCOc1ccc(NC(=O)C2(c3ccc(Cl)cc3)CCOCC2)cc1. The van der Waals surface area contributed by atoms with Crippen LogP contribution in [0, 0.1) is 0 Å². The first-order valence-electron chi connectivity index (χ1n) is 8.63. The Balaban J connectivity index is 1.79. The fourth-order valence-corrected chi connectivity index (χ4v) is 3.30. The molecule has 0 saturated carbocycles. The van der Waals surface area contributed by atoms with Gasteiger partial charge in [0.05, 0.1) is 5.41 Å². The van der Waals surface area contributed by atoms with Gasteiger partial charge in [-0.05, 0) is 54.8 Å². The average molecular weight is 372 g/mol. The number of carbonyl (C=O) groups excluding carboxylic acids is 1. The lowest BCUT2D eigenvalue weighted by atomic mass is 9.73. The van der Waals surface area contributed by atoms with E-state index in [9.17, 15) is 4.79 Å². The molecule has 136 valence electrons. The maximum absolute atomic E-state index is 13.2. The molecule has 5 heteroatoms. The molecule has 26 heavy (non-hydrogen) atoms. The second-order valence-corrected chi connectivity index (χ2v) is 6.72. The van der Waals surface area contributed by atoms with E-state index >= 15 is 0 Å². The summed E-state index contributed by atoms with van der Waals surface area (Å²) in [6.07, 6.45) is 2.97. The zero-order valence-electron chi connectivity index (χ0n) is 14.5. The largest absolute Gasteiger partial charge is 0.490 e. The Kier molecular flexibility index (Phi) is 5.96. The number of ether oxygens (including phenoxy) is 2. The van der Waals surface area contributed by atoms with E-state index in [4.69, 9.17) is 21.1 Å². The van der Waals surface area contributed by atoms with Crippen LogP contribution >= 0.6 is 11.6 Å². The minimum Gasteiger partial charge on any atom is -0.490 e. The minimum atomic E-state index is -0.610. The smallest absolute Gasteiger partial charge is 0.235 e. The van der Waals surface area contributed by atoms with Gasteiger partial charge in [0.1, 0.15) is 12.4 Å². The highest BCUT2D eigenvalue weighted by Crippen LogP contribution is 2.36. The molecular weight excluding hydrogens is 350 g/mol. The summed E-state index contributed by atoms with van der Waals surface area (Å²) in [6, 6.07) is 14.9. The topological polar surface area (TPSA) is 47.6 Å². The first-order valence-corrected chi connectivity index (χ1v) is 9.01. The lowest BCUT2D eigenvalue weighted by Gasteiger charge is -2.36. The van der Waals surface area contributed by atoms with Gasteiger partial charge in [-0.15, -0.1) is 0 Å². The van der Waals surface area contributed by atoms with E-state index < -0.39 is 5.41 Å². The third-order valence-electron chi connectivity index (χ3n) is 4.66. The van der Waals surface area contributed by atoms with Crippen LogP contribution in [0.4, 0.5) is 5.69 Å². The van der Waals surface area contributed by atoms with Gasteiger partial charge in [0.15, 0.2) is 0 Å². The highest BCUT2D eigenvalue weighted by atomic mass is 35.5. The number of hydrogen-bond acceptors (Lipinski definition) is 3. The predicted octanol–water partition coefficient (Wildman–Crippen LogP) is 4.59. The zero-order valence-corrected chi connectivity index (χ0v) is 15.3. The molecule has 0 spiro atoms. The Morgan fingerprint density at radius 2 is 1.81 bits per heavy atom. The van der Waals surface area contributed by atoms with E-state index in [0.717, 1.165) is 17.0 Å². The molecule has 1 N–H and O–H groups in total. The van der Waals surface area contributed by atoms with Gasteiger partial charge in [-0.25, -0.2) is 0 Å². The van der Waals surface area contributed by atoms with Crippen molar-refractivity contribution in [1.82, 2.24) is 0 Å². The van der Waals surface area contributed by atoms with Gasteiger partial charge in [-0.2, -0.15) is 0 Å². The molecule has 0 bridgehead atoms. The maximum atomic E-state index is 13.2. The molecule has 0 atom stereocenters. The molecule has 1 aliphatic heterocycles. The lowest BCUT2D eigenvalue weighted by Crippen LogP contribution is -2.44. The Hall–Kier alpha value is -2.30. The minimum absolute atomic E-state index is 0.0251. The lowest BCUT2D eigenvalue weighted by molar-refractivity contribution is -0.125. The molecular formula is C21H22ClNO3. The Morgan fingerprint density at radius 3 is 2.42 bits per heavy atom. The van der Waals surface area contributed by atoms with Crippen LogP contribution < -0.4 is 10.1 Å². The van der Waals surface area contributed by atoms with Gasteiger partial charge in [-0.3, -0.25) is 4.79 Å². The van der Waals surface area contributed by atoms with E-state index in [1.54, 1.807) is 6.08 Å². The van der Waals surface area contributed by atoms with E-state index in [1.807, 2.05) is 48.5 Å². The summed E-state index contributed by atoms with van der Waals surface area (Å²) in [6.45, 7) is 5.20. The standard InChI is InChI=1S/C21H22ClNO3/c1-2-13-26-19-9-7-18(8-10-19)23-20(24)21(11-14-25-15-12-21)16-3-5-17(22)6-4-16/h2-10H,1,11-15H2,(H,23,24). The Bertz CT molecular complexity index is 750. The number of nitrogens with one attached hydrogen (secondary N) is 1. The number of carbonyl (C=O) groups is 1. The van der Waals surface area contributed by atoms with Crippen molar-refractivity contribution in [3.63, 3.8) is 0 Å². The van der Waals surface area contributed by atoms with Crippen molar-refractivity contribution in [3.05, 3.63) is 71.8 Å². The number of hydrogen-bond donors (Lipinski definition) is 1. The van der Waals surface area contributed by atoms with Crippen LogP contribution in [0.3, 0.4) is 0 Å². The molecule has 0 aromatic heterocycles. The van der Waals surface area contributed by atoms with Crippen LogP contribution in [0.15, 0.2) is 61.2 Å². The normalized spacial score (nSPS) is 15.9. The molecule has 0 aliphatic carbocycles. The van der Waals surface area contributed by atoms with Crippen molar-refractivity contribution in [2.75, 3.05) is 25.1 Å². The van der Waals surface area contributed by atoms with Gasteiger partial charge < -0.3 is 14.8 Å². The summed E-state index contributed by atoms with van der Waals surface area (Å²) in [5.41, 5.74) is 1.09. The van der Waals surface area contributed by atoms with E-state index in [-0.39, 0.29) is 5.91 Å². The second-order valence-electron chi connectivity index (χ2n) is 6.28. The summed E-state index contributed by atoms with van der Waals surface area (Å²) in [5, 5.41) is 3.70. The first-order chi connectivity index (χ1) is 12.6. The predicted molar refractivity (Wildman–Crippen MR) is 104 cm³/mol. The highest BCUT2D eigenvalue weighted by molar-refractivity contribution is 6.30. The Labute approximate surface area is 158 Å². The molecule has 0 radical (unpaired) electrons.